The van der Waals surface area contributed by atoms with Crippen LogP contribution in [0.2, 0.25) is 0 Å². The maximum absolute atomic E-state index is 11.8. The Labute approximate surface area is 143 Å². The number of nitrogens with zero attached hydrogens (tertiary/aromatic N) is 1. The maximum atomic E-state index is 11.8. The molecule has 0 aliphatic heterocycles. The molecule has 0 aliphatic rings. The van der Waals surface area contributed by atoms with E-state index in [0.29, 0.717) is 18.3 Å². The summed E-state index contributed by atoms with van der Waals surface area (Å²) >= 11 is 1.40. The van der Waals surface area contributed by atoms with Gasteiger partial charge in [0.05, 0.1) is 18.9 Å². The van der Waals surface area contributed by atoms with Crippen molar-refractivity contribution in [2.45, 2.75) is 6.92 Å². The number of aromatic nitrogens is 2. The summed E-state index contributed by atoms with van der Waals surface area (Å²) < 4.78 is 10.1. The van der Waals surface area contributed by atoms with Crippen molar-refractivity contribution in [3.05, 3.63) is 35.3 Å². The Morgan fingerprint density at radius 3 is 3.00 bits per heavy atom. The first-order valence-electron chi connectivity index (χ1n) is 7.59. The van der Waals surface area contributed by atoms with Gasteiger partial charge in [0.1, 0.15) is 6.61 Å². The molecule has 24 heavy (non-hydrogen) atoms. The number of carbonyl (C=O) groups is 1. The molecular weight excluding hydrogens is 326 g/mol. The average Bonchev–Trinajstić information content (AvgIpc) is 3.14. The summed E-state index contributed by atoms with van der Waals surface area (Å²) in [5.74, 6) is -0.220. The summed E-state index contributed by atoms with van der Waals surface area (Å²) in [6.45, 7) is 2.87. The molecule has 0 radical (unpaired) electrons. The van der Waals surface area contributed by atoms with Crippen molar-refractivity contribution in [2.24, 2.45) is 0 Å². The second-order valence-corrected chi connectivity index (χ2v) is 6.16. The van der Waals surface area contributed by atoms with E-state index in [1.165, 1.54) is 11.3 Å². The van der Waals surface area contributed by atoms with Gasteiger partial charge in [-0.05, 0) is 13.0 Å². The standard InChI is InChI=1S/C17H19N3O3S/c1-11-16(12-5-3-4-6-13(12)18-11)14-10-24-17(19-14)20-15(21)9-23-8-7-22-2/h3-6,10,18H,7-9H2,1-2H3,(H,19,20,21). The molecule has 0 spiro atoms. The number of aromatic amines is 1. The summed E-state index contributed by atoms with van der Waals surface area (Å²) in [5.41, 5.74) is 4.06. The molecule has 1 amide bonds. The Bertz CT molecular complexity index is 841. The third-order valence-corrected chi connectivity index (χ3v) is 4.32. The molecule has 0 bridgehead atoms. The predicted molar refractivity (Wildman–Crippen MR) is 95.5 cm³/mol. The van der Waals surface area contributed by atoms with E-state index in [1.807, 2.05) is 30.5 Å². The van der Waals surface area contributed by atoms with Crippen LogP contribution in [0, 0.1) is 6.92 Å². The Kier molecular flexibility index (Phi) is 5.24. The van der Waals surface area contributed by atoms with Gasteiger partial charge in [0.15, 0.2) is 5.13 Å². The highest BCUT2D eigenvalue weighted by Gasteiger charge is 2.14. The van der Waals surface area contributed by atoms with Crippen molar-refractivity contribution in [2.75, 3.05) is 32.2 Å². The molecule has 0 fully saturated rings. The van der Waals surface area contributed by atoms with E-state index in [9.17, 15) is 4.79 Å². The highest BCUT2D eigenvalue weighted by molar-refractivity contribution is 7.14. The summed E-state index contributed by atoms with van der Waals surface area (Å²) in [6.07, 6.45) is 0. The van der Waals surface area contributed by atoms with Crippen LogP contribution < -0.4 is 5.32 Å². The van der Waals surface area contributed by atoms with Gasteiger partial charge in [0.2, 0.25) is 0 Å². The Balaban J connectivity index is 1.71. The SMILES string of the molecule is COCCOCC(=O)Nc1nc(-c2c(C)[nH]c3ccccc23)cs1. The number of hydrogen-bond acceptors (Lipinski definition) is 5. The Hall–Kier alpha value is -2.22. The van der Waals surface area contributed by atoms with E-state index >= 15 is 0 Å². The lowest BCUT2D eigenvalue weighted by molar-refractivity contribution is -0.121. The minimum Gasteiger partial charge on any atom is -0.382 e. The number of methoxy groups -OCH3 is 1. The number of para-hydroxylation sites is 1. The van der Waals surface area contributed by atoms with E-state index in [4.69, 9.17) is 9.47 Å². The van der Waals surface area contributed by atoms with Gasteiger partial charge in [-0.2, -0.15) is 0 Å². The van der Waals surface area contributed by atoms with Gasteiger partial charge in [0.25, 0.3) is 5.91 Å². The topological polar surface area (TPSA) is 76.2 Å². The first-order chi connectivity index (χ1) is 11.7. The second kappa shape index (κ2) is 7.57. The summed E-state index contributed by atoms with van der Waals surface area (Å²) in [7, 11) is 1.59. The van der Waals surface area contributed by atoms with Crippen LogP contribution in [0.3, 0.4) is 0 Å². The highest BCUT2D eigenvalue weighted by Crippen LogP contribution is 2.33. The fraction of sp³-hybridized carbons (Fsp3) is 0.294. The van der Waals surface area contributed by atoms with Crippen molar-refractivity contribution >= 4 is 33.3 Å². The summed E-state index contributed by atoms with van der Waals surface area (Å²) in [4.78, 5) is 19.7. The Morgan fingerprint density at radius 2 is 2.17 bits per heavy atom. The zero-order valence-electron chi connectivity index (χ0n) is 13.6. The quantitative estimate of drug-likeness (QED) is 0.645. The van der Waals surface area contributed by atoms with Crippen LogP contribution in [-0.4, -0.2) is 42.8 Å². The van der Waals surface area contributed by atoms with Gasteiger partial charge in [-0.25, -0.2) is 4.98 Å². The van der Waals surface area contributed by atoms with Gasteiger partial charge in [-0.1, -0.05) is 18.2 Å². The zero-order chi connectivity index (χ0) is 16.9. The Morgan fingerprint density at radius 1 is 1.33 bits per heavy atom. The third kappa shape index (κ3) is 3.64. The number of thiazole rings is 1. The van der Waals surface area contributed by atoms with Crippen LogP contribution in [0.25, 0.3) is 22.2 Å². The zero-order valence-corrected chi connectivity index (χ0v) is 14.4. The molecule has 0 unspecified atom stereocenters. The van der Waals surface area contributed by atoms with Crippen molar-refractivity contribution in [1.29, 1.82) is 0 Å². The van der Waals surface area contributed by atoms with E-state index < -0.39 is 0 Å². The van der Waals surface area contributed by atoms with Crippen molar-refractivity contribution in [1.82, 2.24) is 9.97 Å². The molecule has 3 rings (SSSR count). The molecule has 0 saturated carbocycles. The summed E-state index contributed by atoms with van der Waals surface area (Å²) in [5, 5.41) is 6.40. The van der Waals surface area contributed by atoms with Crippen LogP contribution >= 0.6 is 11.3 Å². The van der Waals surface area contributed by atoms with Crippen molar-refractivity contribution < 1.29 is 14.3 Å². The third-order valence-electron chi connectivity index (χ3n) is 3.57. The lowest BCUT2D eigenvalue weighted by atomic mass is 10.1. The maximum Gasteiger partial charge on any atom is 0.252 e. The van der Waals surface area contributed by atoms with Gasteiger partial charge < -0.3 is 14.5 Å². The molecule has 2 aromatic heterocycles. The number of hydrogen-bond donors (Lipinski definition) is 2. The van der Waals surface area contributed by atoms with Crippen LogP contribution in [0.1, 0.15) is 5.69 Å². The second-order valence-electron chi connectivity index (χ2n) is 5.30. The minimum atomic E-state index is -0.220. The molecule has 2 N–H and O–H groups in total. The molecule has 1 aromatic carbocycles. The van der Waals surface area contributed by atoms with Gasteiger partial charge in [-0.3, -0.25) is 10.1 Å². The number of fused-ring (bicyclic) bond motifs is 1. The molecule has 0 aliphatic carbocycles. The number of anilines is 1. The largest absolute Gasteiger partial charge is 0.382 e. The van der Waals surface area contributed by atoms with E-state index in [0.717, 1.165) is 27.9 Å². The fourth-order valence-corrected chi connectivity index (χ4v) is 3.23. The molecule has 6 nitrogen and oxygen atoms in total. The van der Waals surface area contributed by atoms with Crippen molar-refractivity contribution in [3.8, 4) is 11.3 Å². The molecule has 3 aromatic rings. The van der Waals surface area contributed by atoms with Gasteiger partial charge in [0, 0.05) is 34.7 Å². The predicted octanol–water partition coefficient (Wildman–Crippen LogP) is 3.20. The first-order valence-corrected chi connectivity index (χ1v) is 8.46. The van der Waals surface area contributed by atoms with Crippen LogP contribution in [0.5, 0.6) is 0 Å². The number of carbonyl (C=O) groups excluding carboxylic acids is 1. The van der Waals surface area contributed by atoms with Gasteiger partial charge >= 0.3 is 0 Å². The molecule has 126 valence electrons. The molecule has 0 saturated heterocycles. The molecule has 7 heteroatoms. The fourth-order valence-electron chi connectivity index (χ4n) is 2.52. The molecule has 0 atom stereocenters. The number of benzene rings is 1. The van der Waals surface area contributed by atoms with Crippen LogP contribution in [0.15, 0.2) is 29.6 Å². The number of ether oxygens (including phenoxy) is 2. The number of nitrogens with one attached hydrogen (secondary N) is 2. The van der Waals surface area contributed by atoms with Crippen LogP contribution in [-0.2, 0) is 14.3 Å². The number of H-pyrrole nitrogens is 1. The normalized spacial score (nSPS) is 11.1. The van der Waals surface area contributed by atoms with Crippen molar-refractivity contribution in [3.63, 3.8) is 0 Å². The lowest BCUT2D eigenvalue weighted by Gasteiger charge is -2.03. The first kappa shape index (κ1) is 16.6. The number of amides is 1. The smallest absolute Gasteiger partial charge is 0.252 e. The monoisotopic (exact) mass is 345 g/mol. The average molecular weight is 345 g/mol. The number of aryl methyl sites for hydroxylation is 1. The lowest BCUT2D eigenvalue weighted by Crippen LogP contribution is -2.19. The van der Waals surface area contributed by atoms with E-state index in [1.54, 1.807) is 7.11 Å². The van der Waals surface area contributed by atoms with E-state index in [2.05, 4.69) is 21.4 Å². The number of rotatable bonds is 7. The molecular formula is C17H19N3O3S. The minimum absolute atomic E-state index is 0.00954. The van der Waals surface area contributed by atoms with Gasteiger partial charge in [-0.15, -0.1) is 11.3 Å². The van der Waals surface area contributed by atoms with Crippen LogP contribution in [0.4, 0.5) is 5.13 Å². The highest BCUT2D eigenvalue weighted by atomic mass is 32.1. The van der Waals surface area contributed by atoms with E-state index in [-0.39, 0.29) is 12.5 Å². The summed E-state index contributed by atoms with van der Waals surface area (Å²) in [6, 6.07) is 8.11. The molecule has 2 heterocycles.